The Morgan fingerprint density at radius 1 is 1.00 bits per heavy atom. The van der Waals surface area contributed by atoms with Gasteiger partial charge in [-0.1, -0.05) is 56.2 Å². The van der Waals surface area contributed by atoms with E-state index < -0.39 is 15.9 Å². The molecule has 0 aromatic heterocycles. The summed E-state index contributed by atoms with van der Waals surface area (Å²) in [6.07, 6.45) is 3.80. The number of amides is 1. The van der Waals surface area contributed by atoms with Crippen molar-refractivity contribution in [3.8, 4) is 0 Å². The van der Waals surface area contributed by atoms with Crippen molar-refractivity contribution in [3.05, 3.63) is 59.2 Å². The number of rotatable bonds is 6. The summed E-state index contributed by atoms with van der Waals surface area (Å²) in [6.45, 7) is 12.1. The van der Waals surface area contributed by atoms with Crippen LogP contribution in [-0.2, 0) is 14.8 Å². The molecule has 0 aliphatic heterocycles. The average Bonchev–Trinajstić information content (AvgIpc) is 2.76. The summed E-state index contributed by atoms with van der Waals surface area (Å²) in [5, 5.41) is 4.34. The summed E-state index contributed by atoms with van der Waals surface area (Å²) >= 11 is 0. The number of anilines is 1. The Balaban J connectivity index is 1.81. The van der Waals surface area contributed by atoms with Crippen LogP contribution < -0.4 is 9.73 Å². The lowest BCUT2D eigenvalue weighted by Crippen LogP contribution is -2.40. The smallest absolute Gasteiger partial charge is 0.264 e. The average molecular weight is 484 g/mol. The molecule has 184 valence electrons. The fourth-order valence-electron chi connectivity index (χ4n) is 4.46. The van der Waals surface area contributed by atoms with E-state index in [1.54, 1.807) is 30.3 Å². The van der Waals surface area contributed by atoms with Crippen LogP contribution in [0.15, 0.2) is 52.5 Å². The predicted octanol–water partition coefficient (Wildman–Crippen LogP) is 5.52. The van der Waals surface area contributed by atoms with E-state index in [0.29, 0.717) is 11.6 Å². The van der Waals surface area contributed by atoms with Gasteiger partial charge in [-0.05, 0) is 81.5 Å². The van der Waals surface area contributed by atoms with Crippen molar-refractivity contribution in [1.29, 1.82) is 0 Å². The van der Waals surface area contributed by atoms with E-state index in [2.05, 4.69) is 31.3 Å². The van der Waals surface area contributed by atoms with Crippen LogP contribution in [0.5, 0.6) is 0 Å². The van der Waals surface area contributed by atoms with E-state index in [1.807, 2.05) is 32.9 Å². The van der Waals surface area contributed by atoms with Crippen molar-refractivity contribution < 1.29 is 13.2 Å². The molecular weight excluding hydrogens is 446 g/mol. The number of nitrogens with one attached hydrogen (secondary N) is 1. The summed E-state index contributed by atoms with van der Waals surface area (Å²) in [5.41, 5.74) is 7.11. The first-order chi connectivity index (χ1) is 15.9. The van der Waals surface area contributed by atoms with Gasteiger partial charge in [0.15, 0.2) is 0 Å². The van der Waals surface area contributed by atoms with Crippen molar-refractivity contribution in [2.45, 2.75) is 72.1 Å². The zero-order chi connectivity index (χ0) is 25.1. The number of sulfonamides is 1. The molecule has 3 rings (SSSR count). The number of aryl methyl sites for hydroxylation is 3. The molecule has 0 unspecified atom stereocenters. The molecular formula is C27H37N3O3S. The summed E-state index contributed by atoms with van der Waals surface area (Å²) in [6, 6.07) is 12.2. The van der Waals surface area contributed by atoms with Gasteiger partial charge in [0, 0.05) is 5.71 Å². The maximum atomic E-state index is 13.6. The van der Waals surface area contributed by atoms with E-state index in [-0.39, 0.29) is 16.9 Å². The second-order valence-electron chi connectivity index (χ2n) is 10.5. The molecule has 2 aromatic carbocycles. The normalized spacial score (nSPS) is 16.8. The van der Waals surface area contributed by atoms with Gasteiger partial charge in [0.05, 0.1) is 10.6 Å². The second-order valence-corrected chi connectivity index (χ2v) is 12.3. The number of benzene rings is 2. The highest BCUT2D eigenvalue weighted by molar-refractivity contribution is 7.92. The molecule has 0 atom stereocenters. The summed E-state index contributed by atoms with van der Waals surface area (Å²) in [4.78, 5) is 13.0. The third-order valence-electron chi connectivity index (χ3n) is 6.64. The lowest BCUT2D eigenvalue weighted by Gasteiger charge is -2.34. The minimum Gasteiger partial charge on any atom is -0.271 e. The Kier molecular flexibility index (Phi) is 7.86. The summed E-state index contributed by atoms with van der Waals surface area (Å²) in [5.74, 6) is 0.183. The molecule has 0 spiro atoms. The Hall–Kier alpha value is -2.67. The fourth-order valence-corrected chi connectivity index (χ4v) is 5.94. The van der Waals surface area contributed by atoms with E-state index in [1.165, 1.54) is 4.31 Å². The Morgan fingerprint density at radius 3 is 2.15 bits per heavy atom. The van der Waals surface area contributed by atoms with Crippen molar-refractivity contribution in [1.82, 2.24) is 5.43 Å². The molecule has 34 heavy (non-hydrogen) atoms. The van der Waals surface area contributed by atoms with Crippen molar-refractivity contribution in [2.75, 3.05) is 10.8 Å². The van der Waals surface area contributed by atoms with Crippen LogP contribution in [0.25, 0.3) is 0 Å². The molecule has 6 nitrogen and oxygen atoms in total. The van der Waals surface area contributed by atoms with Crippen molar-refractivity contribution in [2.24, 2.45) is 16.4 Å². The van der Waals surface area contributed by atoms with Crippen molar-refractivity contribution in [3.63, 3.8) is 0 Å². The van der Waals surface area contributed by atoms with Crippen LogP contribution in [0.3, 0.4) is 0 Å². The molecule has 1 amide bonds. The molecule has 1 saturated carbocycles. The maximum Gasteiger partial charge on any atom is 0.264 e. The molecule has 1 N–H and O–H groups in total. The van der Waals surface area contributed by atoms with Crippen LogP contribution in [0.4, 0.5) is 5.69 Å². The molecule has 1 fully saturated rings. The summed E-state index contributed by atoms with van der Waals surface area (Å²) < 4.78 is 28.3. The monoisotopic (exact) mass is 483 g/mol. The lowest BCUT2D eigenvalue weighted by molar-refractivity contribution is -0.119. The van der Waals surface area contributed by atoms with Gasteiger partial charge >= 0.3 is 0 Å². The maximum absolute atomic E-state index is 13.6. The van der Waals surface area contributed by atoms with Gasteiger partial charge in [0.1, 0.15) is 6.54 Å². The number of nitrogens with zero attached hydrogens (tertiary/aromatic N) is 2. The SMILES string of the molecule is Cc1ccc(S(=O)(=O)N(CC(=O)NN=C2CCC(C(C)(C)C)CC2)c2ccc(C)cc2C)cc1. The van der Waals surface area contributed by atoms with Gasteiger partial charge in [-0.15, -0.1) is 0 Å². The minimum atomic E-state index is -3.94. The van der Waals surface area contributed by atoms with Crippen molar-refractivity contribution >= 4 is 27.3 Å². The highest BCUT2D eigenvalue weighted by Crippen LogP contribution is 2.36. The Bertz CT molecular complexity index is 1150. The van der Waals surface area contributed by atoms with Crippen LogP contribution in [-0.4, -0.2) is 26.6 Å². The van der Waals surface area contributed by atoms with Gasteiger partial charge in [0.2, 0.25) is 0 Å². The third kappa shape index (κ3) is 6.26. The van der Waals surface area contributed by atoms with E-state index >= 15 is 0 Å². The summed E-state index contributed by atoms with van der Waals surface area (Å²) in [7, 11) is -3.94. The predicted molar refractivity (Wildman–Crippen MR) is 139 cm³/mol. The zero-order valence-corrected chi connectivity index (χ0v) is 22.0. The van der Waals surface area contributed by atoms with Crippen LogP contribution in [0.1, 0.15) is 63.1 Å². The van der Waals surface area contributed by atoms with Crippen LogP contribution in [0.2, 0.25) is 0 Å². The quantitative estimate of drug-likeness (QED) is 0.550. The Labute approximate surface area is 204 Å². The topological polar surface area (TPSA) is 78.8 Å². The molecule has 0 saturated heterocycles. The fraction of sp³-hybridized carbons (Fsp3) is 0.481. The molecule has 1 aliphatic carbocycles. The second kappa shape index (κ2) is 10.3. The van der Waals surface area contributed by atoms with Gasteiger partial charge in [-0.2, -0.15) is 5.10 Å². The molecule has 0 heterocycles. The largest absolute Gasteiger partial charge is 0.271 e. The minimum absolute atomic E-state index is 0.151. The number of hydrogen-bond donors (Lipinski definition) is 1. The Morgan fingerprint density at radius 2 is 1.59 bits per heavy atom. The van der Waals surface area contributed by atoms with E-state index in [0.717, 1.165) is 48.1 Å². The van der Waals surface area contributed by atoms with Crippen LogP contribution >= 0.6 is 0 Å². The molecule has 2 aromatic rings. The third-order valence-corrected chi connectivity index (χ3v) is 8.42. The first-order valence-electron chi connectivity index (χ1n) is 11.9. The highest BCUT2D eigenvalue weighted by Gasteiger charge is 2.30. The molecule has 0 bridgehead atoms. The van der Waals surface area contributed by atoms with Gasteiger partial charge < -0.3 is 0 Å². The molecule has 0 radical (unpaired) electrons. The highest BCUT2D eigenvalue weighted by atomic mass is 32.2. The lowest BCUT2D eigenvalue weighted by atomic mass is 9.72. The van der Waals surface area contributed by atoms with Crippen LogP contribution in [0, 0.1) is 32.1 Å². The number of carbonyl (C=O) groups is 1. The number of carbonyl (C=O) groups excluding carboxylic acids is 1. The van der Waals surface area contributed by atoms with Gasteiger partial charge in [-0.3, -0.25) is 9.10 Å². The zero-order valence-electron chi connectivity index (χ0n) is 21.2. The van der Waals surface area contributed by atoms with E-state index in [9.17, 15) is 13.2 Å². The number of hydrogen-bond acceptors (Lipinski definition) is 4. The van der Waals surface area contributed by atoms with Gasteiger partial charge in [-0.25, -0.2) is 13.8 Å². The molecule has 1 aliphatic rings. The molecule has 7 heteroatoms. The standard InChI is InChI=1S/C27H37N3O3S/c1-19-7-14-24(15-8-19)34(32,33)30(25-16-9-20(2)17-21(25)3)18-26(31)29-28-23-12-10-22(11-13-23)27(4,5)6/h7-9,14-17,22H,10-13,18H2,1-6H3,(H,29,31). The first-order valence-corrected chi connectivity index (χ1v) is 13.3. The number of hydrazone groups is 1. The van der Waals surface area contributed by atoms with E-state index in [4.69, 9.17) is 0 Å². The first kappa shape index (κ1) is 25.9. The van der Waals surface area contributed by atoms with Gasteiger partial charge in [0.25, 0.3) is 15.9 Å².